The molecule has 0 aromatic carbocycles. The summed E-state index contributed by atoms with van der Waals surface area (Å²) < 4.78 is 5.22. The van der Waals surface area contributed by atoms with Crippen LogP contribution < -0.4 is 5.32 Å². The maximum Gasteiger partial charge on any atom is 0.220 e. The number of nitrogens with one attached hydrogen (secondary N) is 1. The first-order valence-electron chi connectivity index (χ1n) is 5.06. The monoisotopic (exact) mass is 226 g/mol. The highest BCUT2D eigenvalue weighted by Gasteiger charge is 2.18. The molecule has 15 heavy (non-hydrogen) atoms. The number of carbonyl (C=O) groups excluding carboxylic acids is 1. The maximum absolute atomic E-state index is 11.5. The zero-order chi connectivity index (χ0) is 10.5. The average molecular weight is 226 g/mol. The van der Waals surface area contributed by atoms with Crippen LogP contribution in [0.25, 0.3) is 0 Å². The van der Waals surface area contributed by atoms with Gasteiger partial charge < -0.3 is 10.1 Å². The van der Waals surface area contributed by atoms with E-state index in [2.05, 4.69) is 10.3 Å². The van der Waals surface area contributed by atoms with Crippen molar-refractivity contribution in [3.8, 4) is 0 Å². The van der Waals surface area contributed by atoms with E-state index in [0.717, 1.165) is 25.3 Å². The first kappa shape index (κ1) is 10.6. The molecule has 0 radical (unpaired) electrons. The summed E-state index contributed by atoms with van der Waals surface area (Å²) >= 11 is 1.54. The van der Waals surface area contributed by atoms with E-state index in [-0.39, 0.29) is 5.91 Å². The number of aromatic nitrogens is 1. The fourth-order valence-electron chi connectivity index (χ4n) is 1.59. The minimum Gasteiger partial charge on any atom is -0.381 e. The van der Waals surface area contributed by atoms with Crippen molar-refractivity contribution < 1.29 is 9.53 Å². The van der Waals surface area contributed by atoms with Crippen LogP contribution in [0, 0.1) is 5.92 Å². The second-order valence-electron chi connectivity index (χ2n) is 3.69. The lowest BCUT2D eigenvalue weighted by molar-refractivity contribution is -0.122. The molecular formula is C10H14N2O2S. The molecule has 1 N–H and O–H groups in total. The molecule has 0 bridgehead atoms. The van der Waals surface area contributed by atoms with E-state index in [0.29, 0.717) is 18.9 Å². The molecule has 1 fully saturated rings. The van der Waals surface area contributed by atoms with E-state index in [4.69, 9.17) is 4.74 Å². The zero-order valence-electron chi connectivity index (χ0n) is 8.44. The van der Waals surface area contributed by atoms with Crippen molar-refractivity contribution >= 4 is 17.2 Å². The van der Waals surface area contributed by atoms with Crippen LogP contribution in [0.1, 0.15) is 18.5 Å². The molecule has 1 aromatic rings. The lowest BCUT2D eigenvalue weighted by atomic mass is 10.1. The third-order valence-corrected chi connectivity index (χ3v) is 3.08. The van der Waals surface area contributed by atoms with Crippen molar-refractivity contribution in [1.82, 2.24) is 10.3 Å². The minimum absolute atomic E-state index is 0.0958. The van der Waals surface area contributed by atoms with E-state index in [1.54, 1.807) is 16.8 Å². The number of thiazole rings is 1. The smallest absolute Gasteiger partial charge is 0.220 e. The Kier molecular flexibility index (Phi) is 3.69. The lowest BCUT2D eigenvalue weighted by Crippen LogP contribution is -2.25. The molecule has 0 spiro atoms. The molecule has 1 saturated heterocycles. The van der Waals surface area contributed by atoms with Gasteiger partial charge in [0.2, 0.25) is 5.91 Å². The zero-order valence-corrected chi connectivity index (χ0v) is 9.26. The molecule has 2 heterocycles. The summed E-state index contributed by atoms with van der Waals surface area (Å²) in [5, 5.41) is 4.81. The Hall–Kier alpha value is -0.940. The maximum atomic E-state index is 11.5. The van der Waals surface area contributed by atoms with Gasteiger partial charge in [-0.3, -0.25) is 4.79 Å². The SMILES string of the molecule is O=C(C[C@H]1CCOC1)NCc1cscn1. The minimum atomic E-state index is 0.0958. The summed E-state index contributed by atoms with van der Waals surface area (Å²) in [6, 6.07) is 0. The molecule has 1 aromatic heterocycles. The first-order chi connectivity index (χ1) is 7.34. The van der Waals surface area contributed by atoms with Crippen molar-refractivity contribution in [1.29, 1.82) is 0 Å². The van der Waals surface area contributed by atoms with Crippen LogP contribution >= 0.6 is 11.3 Å². The molecule has 2 rings (SSSR count). The highest BCUT2D eigenvalue weighted by molar-refractivity contribution is 7.07. The average Bonchev–Trinajstić information content (AvgIpc) is 2.86. The number of carbonyl (C=O) groups is 1. The number of hydrogen-bond acceptors (Lipinski definition) is 4. The highest BCUT2D eigenvalue weighted by Crippen LogP contribution is 2.15. The van der Waals surface area contributed by atoms with Crippen LogP contribution in [-0.2, 0) is 16.1 Å². The number of hydrogen-bond donors (Lipinski definition) is 1. The lowest BCUT2D eigenvalue weighted by Gasteiger charge is -2.07. The number of nitrogens with zero attached hydrogens (tertiary/aromatic N) is 1. The summed E-state index contributed by atoms with van der Waals surface area (Å²) in [5.74, 6) is 0.499. The Morgan fingerprint density at radius 1 is 1.73 bits per heavy atom. The van der Waals surface area contributed by atoms with E-state index in [1.165, 1.54) is 0 Å². The van der Waals surface area contributed by atoms with Gasteiger partial charge in [0.15, 0.2) is 0 Å². The second kappa shape index (κ2) is 5.23. The normalized spacial score (nSPS) is 20.4. The molecule has 4 nitrogen and oxygen atoms in total. The van der Waals surface area contributed by atoms with Gasteiger partial charge in [0, 0.05) is 25.0 Å². The van der Waals surface area contributed by atoms with E-state index in [1.807, 2.05) is 5.38 Å². The topological polar surface area (TPSA) is 51.2 Å². The summed E-state index contributed by atoms with van der Waals surface area (Å²) in [4.78, 5) is 15.6. The second-order valence-corrected chi connectivity index (χ2v) is 4.41. The van der Waals surface area contributed by atoms with Gasteiger partial charge in [0.25, 0.3) is 0 Å². The van der Waals surface area contributed by atoms with Gasteiger partial charge in [0.1, 0.15) is 0 Å². The molecule has 1 amide bonds. The summed E-state index contributed by atoms with van der Waals surface area (Å²) in [7, 11) is 0. The third-order valence-electron chi connectivity index (χ3n) is 2.45. The Bertz CT molecular complexity index is 307. The number of amides is 1. The van der Waals surface area contributed by atoms with Crippen LogP contribution in [0.2, 0.25) is 0 Å². The molecular weight excluding hydrogens is 212 g/mol. The van der Waals surface area contributed by atoms with Crippen LogP contribution in [-0.4, -0.2) is 24.1 Å². The molecule has 0 aliphatic carbocycles. The van der Waals surface area contributed by atoms with E-state index >= 15 is 0 Å². The van der Waals surface area contributed by atoms with Crippen LogP contribution in [0.4, 0.5) is 0 Å². The molecule has 0 unspecified atom stereocenters. The molecule has 1 atom stereocenters. The van der Waals surface area contributed by atoms with Crippen LogP contribution in [0.15, 0.2) is 10.9 Å². The summed E-state index contributed by atoms with van der Waals surface area (Å²) in [5.41, 5.74) is 2.70. The van der Waals surface area contributed by atoms with Crippen LogP contribution in [0.5, 0.6) is 0 Å². The predicted octanol–water partition coefficient (Wildman–Crippen LogP) is 1.19. The van der Waals surface area contributed by atoms with Gasteiger partial charge in [0.05, 0.1) is 17.7 Å². The van der Waals surface area contributed by atoms with Crippen molar-refractivity contribution in [2.24, 2.45) is 5.92 Å². The quantitative estimate of drug-likeness (QED) is 0.839. The van der Waals surface area contributed by atoms with E-state index in [9.17, 15) is 4.79 Å². The molecule has 0 saturated carbocycles. The van der Waals surface area contributed by atoms with Gasteiger partial charge in [-0.2, -0.15) is 0 Å². The van der Waals surface area contributed by atoms with Crippen molar-refractivity contribution in [2.45, 2.75) is 19.4 Å². The Labute approximate surface area is 92.7 Å². The fraction of sp³-hybridized carbons (Fsp3) is 0.600. The molecule has 82 valence electrons. The van der Waals surface area contributed by atoms with Crippen molar-refractivity contribution in [2.75, 3.05) is 13.2 Å². The highest BCUT2D eigenvalue weighted by atomic mass is 32.1. The van der Waals surface area contributed by atoms with Gasteiger partial charge in [-0.05, 0) is 12.3 Å². The van der Waals surface area contributed by atoms with Crippen molar-refractivity contribution in [3.05, 3.63) is 16.6 Å². The Balaban J connectivity index is 1.68. The van der Waals surface area contributed by atoms with Crippen molar-refractivity contribution in [3.63, 3.8) is 0 Å². The van der Waals surface area contributed by atoms with Gasteiger partial charge in [-0.25, -0.2) is 4.98 Å². The molecule has 5 heteroatoms. The Morgan fingerprint density at radius 3 is 3.33 bits per heavy atom. The van der Waals surface area contributed by atoms with Gasteiger partial charge in [-0.1, -0.05) is 0 Å². The predicted molar refractivity (Wildman–Crippen MR) is 57.5 cm³/mol. The fourth-order valence-corrected chi connectivity index (χ4v) is 2.15. The number of rotatable bonds is 4. The van der Waals surface area contributed by atoms with E-state index < -0.39 is 0 Å². The Morgan fingerprint density at radius 2 is 2.67 bits per heavy atom. The van der Waals surface area contributed by atoms with Gasteiger partial charge >= 0.3 is 0 Å². The van der Waals surface area contributed by atoms with Crippen LogP contribution in [0.3, 0.4) is 0 Å². The molecule has 1 aliphatic rings. The molecule has 1 aliphatic heterocycles. The van der Waals surface area contributed by atoms with Gasteiger partial charge in [-0.15, -0.1) is 11.3 Å². The summed E-state index contributed by atoms with van der Waals surface area (Å²) in [6.45, 7) is 2.06. The largest absolute Gasteiger partial charge is 0.381 e. The third kappa shape index (κ3) is 3.28. The first-order valence-corrected chi connectivity index (χ1v) is 6.00. The standard InChI is InChI=1S/C10H14N2O2S/c13-10(3-8-1-2-14-5-8)11-4-9-6-15-7-12-9/h6-8H,1-5H2,(H,11,13)/t8-/m1/s1. The number of ether oxygens (including phenoxy) is 1. The summed E-state index contributed by atoms with van der Waals surface area (Å²) in [6.07, 6.45) is 1.58.